The second-order valence-electron chi connectivity index (χ2n) is 10.3. The van der Waals surface area contributed by atoms with Gasteiger partial charge in [0.1, 0.15) is 36.9 Å². The first-order valence-electron chi connectivity index (χ1n) is 13.6. The van der Waals surface area contributed by atoms with Crippen LogP contribution in [0.5, 0.6) is 11.5 Å². The molecule has 41 heavy (non-hydrogen) atoms. The first kappa shape index (κ1) is 29.0. The number of hydrogen-bond donors (Lipinski definition) is 1. The van der Waals surface area contributed by atoms with E-state index in [0.717, 1.165) is 22.3 Å². The van der Waals surface area contributed by atoms with E-state index >= 15 is 0 Å². The number of hydrogen-bond acceptors (Lipinski definition) is 6. The van der Waals surface area contributed by atoms with Crippen LogP contribution in [0.15, 0.2) is 72.3 Å². The molecule has 7 nitrogen and oxygen atoms in total. The number of primary amides is 1. The van der Waals surface area contributed by atoms with Crippen LogP contribution in [-0.2, 0) is 20.9 Å². The largest absolute Gasteiger partial charge is 0.490 e. The molecule has 1 fully saturated rings. The number of rotatable bonds is 11. The van der Waals surface area contributed by atoms with Crippen LogP contribution in [-0.4, -0.2) is 48.6 Å². The number of amides is 1. The zero-order chi connectivity index (χ0) is 29.0. The number of nitrogens with two attached hydrogens (primary N) is 1. The van der Waals surface area contributed by atoms with Gasteiger partial charge in [0.15, 0.2) is 0 Å². The molecule has 1 heterocycles. The number of carbonyl (C=O) groups excluding carboxylic acids is 2. The maximum atomic E-state index is 13.4. The molecule has 0 saturated heterocycles. The normalized spacial score (nSPS) is 16.3. The van der Waals surface area contributed by atoms with E-state index < -0.39 is 11.5 Å². The molecule has 3 aromatic rings. The van der Waals surface area contributed by atoms with Crippen molar-refractivity contribution in [1.82, 2.24) is 4.90 Å². The average Bonchev–Trinajstić information content (AvgIpc) is 3.79. The fourth-order valence-electron chi connectivity index (χ4n) is 5.17. The van der Waals surface area contributed by atoms with Crippen molar-refractivity contribution < 1.29 is 23.8 Å². The van der Waals surface area contributed by atoms with Gasteiger partial charge in [-0.3, -0.25) is 9.69 Å². The minimum absolute atomic E-state index is 0.0544. The topological polar surface area (TPSA) is 91.1 Å². The Morgan fingerprint density at radius 1 is 0.927 bits per heavy atom. The van der Waals surface area contributed by atoms with Gasteiger partial charge in [-0.25, -0.2) is 4.79 Å². The Morgan fingerprint density at radius 3 is 2.32 bits per heavy atom. The summed E-state index contributed by atoms with van der Waals surface area (Å²) in [4.78, 5) is 27.7. The number of nitrogens with zero attached hydrogens (tertiary/aromatic N) is 1. The number of esters is 1. The Hall–Kier alpha value is -3.52. The number of benzene rings is 3. The summed E-state index contributed by atoms with van der Waals surface area (Å²) < 4.78 is 17.4. The second-order valence-corrected chi connectivity index (χ2v) is 11.1. The minimum Gasteiger partial charge on any atom is -0.490 e. The van der Waals surface area contributed by atoms with E-state index in [1.807, 2.05) is 66.4 Å². The number of carbonyl (C=O) groups is 2. The summed E-state index contributed by atoms with van der Waals surface area (Å²) in [6.07, 6.45) is 1.98. The highest BCUT2D eigenvalue weighted by Crippen LogP contribution is 2.44. The molecule has 0 atom stereocenters. The van der Waals surface area contributed by atoms with Gasteiger partial charge < -0.3 is 19.9 Å². The Bertz CT molecular complexity index is 1450. The fourth-order valence-corrected chi connectivity index (χ4v) is 5.64. The summed E-state index contributed by atoms with van der Waals surface area (Å²) in [6.45, 7) is 3.60. The van der Waals surface area contributed by atoms with Crippen LogP contribution in [0.2, 0.25) is 10.0 Å². The molecule has 214 valence electrons. The van der Waals surface area contributed by atoms with E-state index in [0.29, 0.717) is 66.1 Å². The maximum Gasteiger partial charge on any atom is 0.335 e. The van der Waals surface area contributed by atoms with Gasteiger partial charge in [0.25, 0.3) is 0 Å². The SMILES string of the molecule is Cc1cccc(Cl)c1OCCOc1ccc(C2=C(C(=O)OCc3ccccc3Cl)CN(C3(C(N)=O)CC3)CC2)cc1. The van der Waals surface area contributed by atoms with Gasteiger partial charge in [0, 0.05) is 23.7 Å². The Labute approximate surface area is 249 Å². The van der Waals surface area contributed by atoms with Gasteiger partial charge in [0.05, 0.1) is 10.6 Å². The van der Waals surface area contributed by atoms with Crippen molar-refractivity contribution in [3.63, 3.8) is 0 Å². The minimum atomic E-state index is -0.678. The lowest BCUT2D eigenvalue weighted by Crippen LogP contribution is -2.50. The third-order valence-electron chi connectivity index (χ3n) is 7.66. The molecule has 5 rings (SSSR count). The monoisotopic (exact) mass is 594 g/mol. The van der Waals surface area contributed by atoms with Crippen molar-refractivity contribution >= 4 is 40.7 Å². The molecule has 0 radical (unpaired) electrons. The lowest BCUT2D eigenvalue weighted by molar-refractivity contribution is -0.141. The van der Waals surface area contributed by atoms with Gasteiger partial charge in [-0.1, -0.05) is 65.7 Å². The predicted molar refractivity (Wildman–Crippen MR) is 159 cm³/mol. The highest BCUT2D eigenvalue weighted by atomic mass is 35.5. The van der Waals surface area contributed by atoms with Gasteiger partial charge in [0.2, 0.25) is 5.91 Å². The Morgan fingerprint density at radius 2 is 1.63 bits per heavy atom. The lowest BCUT2D eigenvalue weighted by Gasteiger charge is -2.35. The number of para-hydroxylation sites is 1. The highest BCUT2D eigenvalue weighted by molar-refractivity contribution is 6.32. The van der Waals surface area contributed by atoms with Crippen molar-refractivity contribution in [2.45, 2.75) is 38.3 Å². The Balaban J connectivity index is 1.28. The van der Waals surface area contributed by atoms with E-state index in [2.05, 4.69) is 0 Å². The van der Waals surface area contributed by atoms with Crippen LogP contribution in [0.1, 0.15) is 36.0 Å². The number of halogens is 2. The fraction of sp³-hybridized carbons (Fsp3) is 0.312. The van der Waals surface area contributed by atoms with Crippen molar-refractivity contribution in [3.8, 4) is 11.5 Å². The molecule has 3 aromatic carbocycles. The van der Waals surface area contributed by atoms with Crippen LogP contribution >= 0.6 is 23.2 Å². The third-order valence-corrected chi connectivity index (χ3v) is 8.33. The third kappa shape index (κ3) is 6.53. The summed E-state index contributed by atoms with van der Waals surface area (Å²) in [5.41, 5.74) is 9.05. The molecule has 1 amide bonds. The summed E-state index contributed by atoms with van der Waals surface area (Å²) in [6, 6.07) is 20.5. The maximum absolute atomic E-state index is 13.4. The van der Waals surface area contributed by atoms with Gasteiger partial charge in [-0.15, -0.1) is 0 Å². The van der Waals surface area contributed by atoms with E-state index in [1.165, 1.54) is 0 Å². The zero-order valence-electron chi connectivity index (χ0n) is 22.8. The second kappa shape index (κ2) is 12.6. The van der Waals surface area contributed by atoms with Crippen molar-refractivity contribution in [2.75, 3.05) is 26.3 Å². The molecule has 2 N–H and O–H groups in total. The van der Waals surface area contributed by atoms with E-state index in [4.69, 9.17) is 43.1 Å². The van der Waals surface area contributed by atoms with Crippen LogP contribution in [0.25, 0.3) is 5.57 Å². The summed E-state index contributed by atoms with van der Waals surface area (Å²) in [5, 5.41) is 1.10. The predicted octanol–water partition coefficient (Wildman–Crippen LogP) is 5.98. The first-order chi connectivity index (χ1) is 19.8. The average molecular weight is 596 g/mol. The molecule has 0 spiro atoms. The van der Waals surface area contributed by atoms with Crippen molar-refractivity contribution in [3.05, 3.63) is 99.0 Å². The van der Waals surface area contributed by atoms with E-state index in [1.54, 1.807) is 12.1 Å². The van der Waals surface area contributed by atoms with Crippen LogP contribution in [0.3, 0.4) is 0 Å². The molecule has 1 saturated carbocycles. The Kier molecular flexibility index (Phi) is 8.88. The summed E-state index contributed by atoms with van der Waals surface area (Å²) in [7, 11) is 0. The van der Waals surface area contributed by atoms with Gasteiger partial charge >= 0.3 is 5.97 Å². The highest BCUT2D eigenvalue weighted by Gasteiger charge is 2.54. The van der Waals surface area contributed by atoms with Gasteiger partial charge in [-0.05, 0) is 67.2 Å². The standard InChI is InChI=1S/C32H32Cl2N2O5/c1-21-5-4-8-28(34)29(21)40-18-17-39-24-11-9-22(10-12-24)25-13-16-36(32(14-15-32)31(35)38)19-26(25)30(37)41-20-23-6-2-3-7-27(23)33/h2-12H,13-20H2,1H3,(H2,35,38). The summed E-state index contributed by atoms with van der Waals surface area (Å²) >= 11 is 12.5. The number of ether oxygens (including phenoxy) is 3. The molecule has 0 unspecified atom stereocenters. The molecule has 0 aromatic heterocycles. The molecule has 2 aliphatic rings. The molecular weight excluding hydrogens is 563 g/mol. The van der Waals surface area contributed by atoms with Crippen molar-refractivity contribution in [2.24, 2.45) is 5.73 Å². The van der Waals surface area contributed by atoms with Crippen LogP contribution in [0, 0.1) is 6.92 Å². The lowest BCUT2D eigenvalue weighted by atomic mass is 9.92. The van der Waals surface area contributed by atoms with Crippen LogP contribution < -0.4 is 15.2 Å². The molecule has 1 aliphatic carbocycles. The quantitative estimate of drug-likeness (QED) is 0.217. The summed E-state index contributed by atoms with van der Waals surface area (Å²) in [5.74, 6) is 0.557. The zero-order valence-corrected chi connectivity index (χ0v) is 24.3. The van der Waals surface area contributed by atoms with Gasteiger partial charge in [-0.2, -0.15) is 0 Å². The molecular formula is C32H32Cl2N2O5. The van der Waals surface area contributed by atoms with Crippen LogP contribution in [0.4, 0.5) is 0 Å². The van der Waals surface area contributed by atoms with E-state index in [9.17, 15) is 9.59 Å². The molecule has 9 heteroatoms. The first-order valence-corrected chi connectivity index (χ1v) is 14.3. The molecule has 1 aliphatic heterocycles. The van der Waals surface area contributed by atoms with Crippen molar-refractivity contribution in [1.29, 1.82) is 0 Å². The van der Waals surface area contributed by atoms with E-state index in [-0.39, 0.29) is 19.1 Å². The smallest absolute Gasteiger partial charge is 0.335 e. The molecule has 0 bridgehead atoms. The number of aryl methyl sites for hydroxylation is 1.